The fourth-order valence-corrected chi connectivity index (χ4v) is 2.44. The van der Waals surface area contributed by atoms with Crippen LogP contribution in [0.3, 0.4) is 0 Å². The summed E-state index contributed by atoms with van der Waals surface area (Å²) in [6, 6.07) is 0. The van der Waals surface area contributed by atoms with Crippen molar-refractivity contribution < 1.29 is 9.53 Å². The fourth-order valence-electron chi connectivity index (χ4n) is 2.44. The molecule has 4 nitrogen and oxygen atoms in total. The highest BCUT2D eigenvalue weighted by atomic mass is 16.5. The van der Waals surface area contributed by atoms with Crippen LogP contribution in [0.5, 0.6) is 0 Å². The van der Waals surface area contributed by atoms with Crippen molar-refractivity contribution in [1.82, 2.24) is 9.80 Å². The summed E-state index contributed by atoms with van der Waals surface area (Å²) in [4.78, 5) is 16.2. The van der Waals surface area contributed by atoms with Crippen molar-refractivity contribution >= 4 is 5.97 Å². The van der Waals surface area contributed by atoms with Gasteiger partial charge in [-0.1, -0.05) is 13.3 Å². The minimum absolute atomic E-state index is 0.0930. The number of rotatable bonds is 8. The van der Waals surface area contributed by atoms with Crippen LogP contribution in [0.15, 0.2) is 0 Å². The van der Waals surface area contributed by atoms with Crippen LogP contribution in [-0.4, -0.2) is 61.6 Å². The smallest absolute Gasteiger partial charge is 0.320 e. The molecule has 1 fully saturated rings. The molecule has 1 aliphatic heterocycles. The number of carbonyl (C=O) groups is 1. The number of piperidine rings is 1. The minimum Gasteiger partial charge on any atom is -0.465 e. The maximum absolute atomic E-state index is 11.5. The first-order valence-electron chi connectivity index (χ1n) is 7.36. The zero-order valence-electron chi connectivity index (χ0n) is 12.0. The first-order chi connectivity index (χ1) is 8.76. The molecule has 0 unspecified atom stereocenters. The van der Waals surface area contributed by atoms with E-state index in [1.54, 1.807) is 0 Å². The van der Waals surface area contributed by atoms with Crippen LogP contribution in [0.2, 0.25) is 0 Å². The normalized spacial score (nSPS) is 17.1. The number of esters is 1. The second-order valence-corrected chi connectivity index (χ2v) is 4.98. The summed E-state index contributed by atoms with van der Waals surface area (Å²) in [6.45, 7) is 10.4. The van der Waals surface area contributed by atoms with Gasteiger partial charge in [-0.25, -0.2) is 0 Å². The lowest BCUT2D eigenvalue weighted by Crippen LogP contribution is -2.40. The van der Waals surface area contributed by atoms with Crippen molar-refractivity contribution in [2.75, 3.05) is 45.9 Å². The van der Waals surface area contributed by atoms with Gasteiger partial charge in [0.15, 0.2) is 0 Å². The minimum atomic E-state index is -0.0930. The Hall–Kier alpha value is -0.610. The fraction of sp³-hybridized carbons (Fsp3) is 0.929. The molecule has 106 valence electrons. The summed E-state index contributed by atoms with van der Waals surface area (Å²) in [5.41, 5.74) is 0. The molecule has 18 heavy (non-hydrogen) atoms. The van der Waals surface area contributed by atoms with E-state index in [1.165, 1.54) is 32.4 Å². The third kappa shape index (κ3) is 6.36. The van der Waals surface area contributed by atoms with Gasteiger partial charge in [-0.2, -0.15) is 0 Å². The number of hydrogen-bond acceptors (Lipinski definition) is 4. The van der Waals surface area contributed by atoms with E-state index in [4.69, 9.17) is 4.74 Å². The Morgan fingerprint density at radius 3 is 2.50 bits per heavy atom. The Morgan fingerprint density at radius 1 is 1.17 bits per heavy atom. The average Bonchev–Trinajstić information content (AvgIpc) is 2.38. The zero-order chi connectivity index (χ0) is 13.2. The Bertz CT molecular complexity index is 228. The molecule has 1 saturated heterocycles. The molecule has 0 saturated carbocycles. The lowest BCUT2D eigenvalue weighted by molar-refractivity contribution is -0.144. The van der Waals surface area contributed by atoms with Crippen LogP contribution in [0.1, 0.15) is 39.5 Å². The van der Waals surface area contributed by atoms with Gasteiger partial charge in [0, 0.05) is 13.1 Å². The third-order valence-electron chi connectivity index (χ3n) is 3.38. The van der Waals surface area contributed by atoms with Crippen LogP contribution in [0.4, 0.5) is 0 Å². The molecule has 0 bridgehead atoms. The summed E-state index contributed by atoms with van der Waals surface area (Å²) < 4.78 is 5.02. The van der Waals surface area contributed by atoms with E-state index in [-0.39, 0.29) is 5.97 Å². The van der Waals surface area contributed by atoms with E-state index in [2.05, 4.69) is 16.7 Å². The second-order valence-electron chi connectivity index (χ2n) is 4.98. The molecule has 0 atom stereocenters. The zero-order valence-corrected chi connectivity index (χ0v) is 12.0. The van der Waals surface area contributed by atoms with E-state index in [1.807, 2.05) is 6.92 Å². The Balaban J connectivity index is 2.25. The molecular weight excluding hydrogens is 228 g/mol. The van der Waals surface area contributed by atoms with Crippen molar-refractivity contribution in [2.24, 2.45) is 0 Å². The van der Waals surface area contributed by atoms with E-state index in [9.17, 15) is 4.79 Å². The van der Waals surface area contributed by atoms with Gasteiger partial charge in [0.05, 0.1) is 13.2 Å². The van der Waals surface area contributed by atoms with E-state index in [0.717, 1.165) is 26.1 Å². The molecule has 0 spiro atoms. The van der Waals surface area contributed by atoms with Crippen LogP contribution in [0.25, 0.3) is 0 Å². The SMILES string of the molecule is CCCN(CCN1CCCCC1)CC(=O)OCC. The molecule has 1 aliphatic rings. The number of likely N-dealkylation sites (tertiary alicyclic amines) is 1. The van der Waals surface area contributed by atoms with E-state index < -0.39 is 0 Å². The average molecular weight is 256 g/mol. The lowest BCUT2D eigenvalue weighted by Gasteiger charge is -2.29. The summed E-state index contributed by atoms with van der Waals surface area (Å²) in [5, 5.41) is 0. The number of nitrogens with zero attached hydrogens (tertiary/aromatic N) is 2. The van der Waals surface area contributed by atoms with Gasteiger partial charge in [0.1, 0.15) is 0 Å². The predicted molar refractivity (Wildman–Crippen MR) is 73.7 cm³/mol. The lowest BCUT2D eigenvalue weighted by atomic mass is 10.1. The van der Waals surface area contributed by atoms with Crippen LogP contribution >= 0.6 is 0 Å². The largest absolute Gasteiger partial charge is 0.465 e. The van der Waals surface area contributed by atoms with Crippen LogP contribution in [-0.2, 0) is 9.53 Å². The molecule has 0 amide bonds. The molecule has 0 aromatic rings. The van der Waals surface area contributed by atoms with Gasteiger partial charge in [-0.15, -0.1) is 0 Å². The van der Waals surface area contributed by atoms with Crippen molar-refractivity contribution in [1.29, 1.82) is 0 Å². The topological polar surface area (TPSA) is 32.8 Å². The van der Waals surface area contributed by atoms with Gasteiger partial charge in [-0.3, -0.25) is 9.69 Å². The monoisotopic (exact) mass is 256 g/mol. The second kappa shape index (κ2) is 9.34. The molecule has 0 aliphatic carbocycles. The van der Waals surface area contributed by atoms with Gasteiger partial charge >= 0.3 is 5.97 Å². The quantitative estimate of drug-likeness (QED) is 0.619. The third-order valence-corrected chi connectivity index (χ3v) is 3.38. The molecule has 4 heteroatoms. The number of carbonyl (C=O) groups excluding carboxylic acids is 1. The van der Waals surface area contributed by atoms with E-state index >= 15 is 0 Å². The van der Waals surface area contributed by atoms with E-state index in [0.29, 0.717) is 13.2 Å². The van der Waals surface area contributed by atoms with Gasteiger partial charge in [0.2, 0.25) is 0 Å². The highest BCUT2D eigenvalue weighted by Crippen LogP contribution is 2.08. The van der Waals surface area contributed by atoms with Crippen molar-refractivity contribution in [3.8, 4) is 0 Å². The number of ether oxygens (including phenoxy) is 1. The first-order valence-corrected chi connectivity index (χ1v) is 7.36. The molecule has 1 rings (SSSR count). The molecular formula is C14H28N2O2. The molecule has 0 aromatic carbocycles. The highest BCUT2D eigenvalue weighted by molar-refractivity contribution is 5.71. The molecule has 0 radical (unpaired) electrons. The Morgan fingerprint density at radius 2 is 1.89 bits per heavy atom. The van der Waals surface area contributed by atoms with Gasteiger partial charge in [-0.05, 0) is 45.8 Å². The molecule has 0 N–H and O–H groups in total. The summed E-state index contributed by atoms with van der Waals surface area (Å²) >= 11 is 0. The maximum Gasteiger partial charge on any atom is 0.320 e. The summed E-state index contributed by atoms with van der Waals surface area (Å²) in [7, 11) is 0. The maximum atomic E-state index is 11.5. The molecule has 0 aromatic heterocycles. The first kappa shape index (κ1) is 15.4. The predicted octanol–water partition coefficient (Wildman–Crippen LogP) is 1.75. The summed E-state index contributed by atoms with van der Waals surface area (Å²) in [5.74, 6) is -0.0930. The van der Waals surface area contributed by atoms with Crippen LogP contribution < -0.4 is 0 Å². The standard InChI is InChI=1S/C14H28N2O2/c1-3-8-16(13-14(17)18-4-2)12-11-15-9-6-5-7-10-15/h3-13H2,1-2H3. The van der Waals surface area contributed by atoms with Crippen LogP contribution in [0, 0.1) is 0 Å². The van der Waals surface area contributed by atoms with Crippen molar-refractivity contribution in [3.05, 3.63) is 0 Å². The highest BCUT2D eigenvalue weighted by Gasteiger charge is 2.14. The van der Waals surface area contributed by atoms with Crippen molar-refractivity contribution in [3.63, 3.8) is 0 Å². The Kier molecular flexibility index (Phi) is 8.01. The Labute approximate surface area is 111 Å². The number of hydrogen-bond donors (Lipinski definition) is 0. The van der Waals surface area contributed by atoms with Gasteiger partial charge in [0.25, 0.3) is 0 Å². The molecule has 1 heterocycles. The van der Waals surface area contributed by atoms with Crippen molar-refractivity contribution in [2.45, 2.75) is 39.5 Å². The summed E-state index contributed by atoms with van der Waals surface area (Å²) in [6.07, 6.45) is 5.11. The van der Waals surface area contributed by atoms with Gasteiger partial charge < -0.3 is 9.64 Å².